The summed E-state index contributed by atoms with van der Waals surface area (Å²) in [6.07, 6.45) is 5.10. The molecule has 3 nitrogen and oxygen atoms in total. The van der Waals surface area contributed by atoms with Crippen molar-refractivity contribution < 1.29 is 4.74 Å². The fourth-order valence-electron chi connectivity index (χ4n) is 3.04. The van der Waals surface area contributed by atoms with E-state index in [1.54, 1.807) is 7.11 Å². The van der Waals surface area contributed by atoms with E-state index in [1.807, 2.05) is 19.2 Å². The average Bonchev–Trinajstić information content (AvgIpc) is 2.99. The second-order valence-electron chi connectivity index (χ2n) is 5.33. The summed E-state index contributed by atoms with van der Waals surface area (Å²) in [7, 11) is 3.57. The smallest absolute Gasteiger partial charge is 0.139 e. The van der Waals surface area contributed by atoms with Gasteiger partial charge in [0, 0.05) is 35.8 Å². The lowest BCUT2D eigenvalue weighted by atomic mass is 10.0. The molecule has 2 aromatic rings. The zero-order valence-electron chi connectivity index (χ0n) is 11.9. The van der Waals surface area contributed by atoms with Crippen molar-refractivity contribution in [2.24, 2.45) is 0 Å². The number of aromatic nitrogens is 1. The van der Waals surface area contributed by atoms with E-state index in [9.17, 15) is 0 Å². The Balaban J connectivity index is 2.17. The molecule has 0 spiro atoms. The molecule has 1 aliphatic carbocycles. The Morgan fingerprint density at radius 2 is 2.00 bits per heavy atom. The molecule has 4 heteroatoms. The van der Waals surface area contributed by atoms with Gasteiger partial charge in [0.1, 0.15) is 5.75 Å². The summed E-state index contributed by atoms with van der Waals surface area (Å²) < 4.78 is 5.30. The minimum Gasteiger partial charge on any atom is -0.495 e. The molecule has 3 rings (SSSR count). The number of rotatable bonds is 3. The van der Waals surface area contributed by atoms with E-state index in [2.05, 4.69) is 11.4 Å². The second-order valence-corrected chi connectivity index (χ2v) is 5.74. The van der Waals surface area contributed by atoms with Gasteiger partial charge in [-0.15, -0.1) is 0 Å². The molecule has 1 aromatic carbocycles. The first-order valence-corrected chi connectivity index (χ1v) is 7.46. The molecular weight excluding hydrogens is 272 g/mol. The Bertz CT molecular complexity index is 636. The van der Waals surface area contributed by atoms with Crippen LogP contribution in [0.15, 0.2) is 18.2 Å². The number of ether oxygens (including phenoxy) is 1. The van der Waals surface area contributed by atoms with E-state index in [-0.39, 0.29) is 0 Å². The third kappa shape index (κ3) is 2.31. The number of pyridine rings is 1. The highest BCUT2D eigenvalue weighted by molar-refractivity contribution is 6.33. The van der Waals surface area contributed by atoms with Gasteiger partial charge in [-0.1, -0.05) is 24.4 Å². The summed E-state index contributed by atoms with van der Waals surface area (Å²) in [5.74, 6) is 1.27. The largest absolute Gasteiger partial charge is 0.495 e. The predicted octanol–water partition coefficient (Wildman–Crippen LogP) is 4.60. The number of nitrogens with one attached hydrogen (secondary N) is 1. The van der Waals surface area contributed by atoms with Gasteiger partial charge in [0.25, 0.3) is 0 Å². The van der Waals surface area contributed by atoms with Crippen molar-refractivity contribution in [1.29, 1.82) is 0 Å². The van der Waals surface area contributed by atoms with Crippen molar-refractivity contribution >= 4 is 28.2 Å². The Hall–Kier alpha value is -1.48. The lowest BCUT2D eigenvalue weighted by molar-refractivity contribution is 0.415. The van der Waals surface area contributed by atoms with Gasteiger partial charge in [-0.2, -0.15) is 0 Å². The Morgan fingerprint density at radius 3 is 2.65 bits per heavy atom. The molecule has 0 bridgehead atoms. The molecule has 106 valence electrons. The van der Waals surface area contributed by atoms with Crippen LogP contribution in [0.1, 0.15) is 37.3 Å². The van der Waals surface area contributed by atoms with Crippen LogP contribution in [0, 0.1) is 0 Å². The summed E-state index contributed by atoms with van der Waals surface area (Å²) in [4.78, 5) is 4.84. The summed E-state index contributed by atoms with van der Waals surface area (Å²) in [6.45, 7) is 0. The third-order valence-corrected chi connectivity index (χ3v) is 4.44. The van der Waals surface area contributed by atoms with Gasteiger partial charge in [-0.05, 0) is 25.0 Å². The van der Waals surface area contributed by atoms with E-state index in [0.717, 1.165) is 16.6 Å². The van der Waals surface area contributed by atoms with E-state index < -0.39 is 0 Å². The van der Waals surface area contributed by atoms with Gasteiger partial charge in [0.15, 0.2) is 0 Å². The maximum atomic E-state index is 6.22. The Kier molecular flexibility index (Phi) is 3.70. The summed E-state index contributed by atoms with van der Waals surface area (Å²) >= 11 is 6.22. The van der Waals surface area contributed by atoms with Crippen LogP contribution in [0.4, 0.5) is 5.69 Å². The number of methoxy groups -OCH3 is 1. The van der Waals surface area contributed by atoms with Crippen LogP contribution < -0.4 is 10.1 Å². The van der Waals surface area contributed by atoms with Crippen molar-refractivity contribution in [3.8, 4) is 5.75 Å². The van der Waals surface area contributed by atoms with Crippen molar-refractivity contribution in [2.45, 2.75) is 31.6 Å². The summed E-state index contributed by atoms with van der Waals surface area (Å²) in [5.41, 5.74) is 3.21. The molecule has 0 aliphatic heterocycles. The van der Waals surface area contributed by atoms with Gasteiger partial charge in [0.05, 0.1) is 17.6 Å². The zero-order chi connectivity index (χ0) is 14.1. The minimum atomic E-state index is 0.591. The number of hydrogen-bond acceptors (Lipinski definition) is 3. The minimum absolute atomic E-state index is 0.591. The van der Waals surface area contributed by atoms with Gasteiger partial charge < -0.3 is 10.1 Å². The summed E-state index contributed by atoms with van der Waals surface area (Å²) in [6, 6.07) is 6.02. The monoisotopic (exact) mass is 290 g/mol. The van der Waals surface area contributed by atoms with Gasteiger partial charge >= 0.3 is 0 Å². The molecule has 1 heterocycles. The highest BCUT2D eigenvalue weighted by atomic mass is 35.5. The number of fused-ring (bicyclic) bond motifs is 1. The molecular formula is C16H19ClN2O. The number of anilines is 1. The van der Waals surface area contributed by atoms with E-state index in [1.165, 1.54) is 31.4 Å². The van der Waals surface area contributed by atoms with Gasteiger partial charge in [0.2, 0.25) is 0 Å². The first kappa shape index (κ1) is 13.5. The van der Waals surface area contributed by atoms with E-state index in [0.29, 0.717) is 16.7 Å². The van der Waals surface area contributed by atoms with Crippen LogP contribution in [-0.2, 0) is 0 Å². The average molecular weight is 291 g/mol. The maximum Gasteiger partial charge on any atom is 0.139 e. The number of benzene rings is 1. The van der Waals surface area contributed by atoms with Crippen LogP contribution in [0.25, 0.3) is 10.9 Å². The number of nitrogens with zero attached hydrogens (tertiary/aromatic N) is 1. The normalized spacial score (nSPS) is 15.8. The van der Waals surface area contributed by atoms with Crippen molar-refractivity contribution in [2.75, 3.05) is 19.5 Å². The van der Waals surface area contributed by atoms with Crippen LogP contribution in [0.5, 0.6) is 5.75 Å². The third-order valence-electron chi connectivity index (χ3n) is 4.14. The highest BCUT2D eigenvalue weighted by Gasteiger charge is 2.20. The van der Waals surface area contributed by atoms with Gasteiger partial charge in [-0.25, -0.2) is 0 Å². The first-order valence-electron chi connectivity index (χ1n) is 7.09. The molecule has 1 fully saturated rings. The van der Waals surface area contributed by atoms with Crippen molar-refractivity contribution in [3.05, 3.63) is 28.9 Å². The van der Waals surface area contributed by atoms with Crippen LogP contribution in [0.2, 0.25) is 5.02 Å². The molecule has 0 atom stereocenters. The molecule has 0 radical (unpaired) electrons. The van der Waals surface area contributed by atoms with Crippen LogP contribution >= 0.6 is 11.6 Å². The van der Waals surface area contributed by atoms with Crippen molar-refractivity contribution in [3.63, 3.8) is 0 Å². The fraction of sp³-hybridized carbons (Fsp3) is 0.438. The molecule has 1 saturated carbocycles. The lowest BCUT2D eigenvalue weighted by Gasteiger charge is -2.14. The first-order chi connectivity index (χ1) is 9.72. The zero-order valence-corrected chi connectivity index (χ0v) is 12.6. The molecule has 1 N–H and O–H groups in total. The maximum absolute atomic E-state index is 6.22. The number of hydrogen-bond donors (Lipinski definition) is 1. The van der Waals surface area contributed by atoms with Gasteiger partial charge in [-0.3, -0.25) is 4.98 Å². The highest BCUT2D eigenvalue weighted by Crippen LogP contribution is 2.38. The van der Waals surface area contributed by atoms with Crippen LogP contribution in [-0.4, -0.2) is 19.1 Å². The molecule has 0 saturated heterocycles. The number of halogens is 1. The predicted molar refractivity (Wildman–Crippen MR) is 84.1 cm³/mol. The fourth-order valence-corrected chi connectivity index (χ4v) is 3.28. The second kappa shape index (κ2) is 5.49. The molecule has 0 amide bonds. The van der Waals surface area contributed by atoms with Crippen molar-refractivity contribution in [1.82, 2.24) is 4.98 Å². The lowest BCUT2D eigenvalue weighted by Crippen LogP contribution is -2.00. The molecule has 1 aliphatic rings. The Labute approximate surface area is 124 Å². The quantitative estimate of drug-likeness (QED) is 0.897. The summed E-state index contributed by atoms with van der Waals surface area (Å²) in [5, 5.41) is 4.92. The molecule has 20 heavy (non-hydrogen) atoms. The SMILES string of the molecule is CNc1cc(C2CCCC2)nc2cc(OC)c(Cl)cc12. The molecule has 1 aromatic heterocycles. The van der Waals surface area contributed by atoms with E-state index >= 15 is 0 Å². The molecule has 0 unspecified atom stereocenters. The van der Waals surface area contributed by atoms with Crippen LogP contribution in [0.3, 0.4) is 0 Å². The Morgan fingerprint density at radius 1 is 1.25 bits per heavy atom. The topological polar surface area (TPSA) is 34.2 Å². The van der Waals surface area contributed by atoms with E-state index in [4.69, 9.17) is 21.3 Å². The standard InChI is InChI=1S/C16H19ClN2O/c1-18-14-8-13(10-5-3-4-6-10)19-15-9-16(20-2)12(17)7-11(14)15/h7-10H,3-6H2,1-2H3,(H,18,19).